The number of likely N-dealkylation sites (tertiary alicyclic amines) is 1. The molecule has 0 aromatic heterocycles. The van der Waals surface area contributed by atoms with Crippen LogP contribution in [0.2, 0.25) is 0 Å². The number of fused-ring (bicyclic) bond motifs is 1. The van der Waals surface area contributed by atoms with Crippen LogP contribution in [0.4, 0.5) is 5.69 Å². The zero-order valence-electron chi connectivity index (χ0n) is 24.7. The first-order valence-electron chi connectivity index (χ1n) is 14.9. The van der Waals surface area contributed by atoms with Crippen molar-refractivity contribution in [2.45, 2.75) is 62.5 Å². The zero-order chi connectivity index (χ0) is 29.7. The first-order chi connectivity index (χ1) is 19.8. The highest BCUT2D eigenvalue weighted by Crippen LogP contribution is 2.69. The highest BCUT2D eigenvalue weighted by atomic mass is 32.2. The van der Waals surface area contributed by atoms with Crippen LogP contribution in [0.25, 0.3) is 0 Å². The van der Waals surface area contributed by atoms with Gasteiger partial charge in [0.05, 0.1) is 23.2 Å². The number of carbonyl (C=O) groups excluding carboxylic acids is 3. The molecular formula is C32H45N3O5S. The summed E-state index contributed by atoms with van der Waals surface area (Å²) in [6, 6.07) is 6.74. The van der Waals surface area contributed by atoms with Gasteiger partial charge in [0, 0.05) is 43.7 Å². The van der Waals surface area contributed by atoms with Crippen LogP contribution in [0.1, 0.15) is 46.5 Å². The lowest BCUT2D eigenvalue weighted by atomic mass is 9.65. The highest BCUT2D eigenvalue weighted by Gasteiger charge is 2.76. The van der Waals surface area contributed by atoms with Gasteiger partial charge in [-0.1, -0.05) is 32.4 Å². The van der Waals surface area contributed by atoms with Crippen molar-refractivity contribution >= 4 is 35.2 Å². The Labute approximate surface area is 248 Å². The summed E-state index contributed by atoms with van der Waals surface area (Å²) in [7, 11) is 0. The lowest BCUT2D eigenvalue weighted by molar-refractivity contribution is -0.142. The number of benzene rings is 1. The Morgan fingerprint density at radius 1 is 1.15 bits per heavy atom. The van der Waals surface area contributed by atoms with E-state index < -0.39 is 22.6 Å². The van der Waals surface area contributed by atoms with Gasteiger partial charge in [-0.3, -0.25) is 14.4 Å². The normalized spacial score (nSPS) is 28.0. The van der Waals surface area contributed by atoms with Crippen molar-refractivity contribution in [1.82, 2.24) is 9.80 Å². The summed E-state index contributed by atoms with van der Waals surface area (Å²) in [5.41, 5.74) is 0.722. The Kier molecular flexibility index (Phi) is 10.2. The van der Waals surface area contributed by atoms with E-state index in [1.165, 1.54) is 0 Å². The van der Waals surface area contributed by atoms with E-state index in [1.807, 2.05) is 36.1 Å². The number of unbranched alkanes of at least 4 members (excludes halogenated alkanes) is 1. The smallest absolute Gasteiger partial charge is 0.247 e. The van der Waals surface area contributed by atoms with Crippen LogP contribution in [0, 0.1) is 17.8 Å². The average molecular weight is 584 g/mol. The summed E-state index contributed by atoms with van der Waals surface area (Å²) in [6.45, 7) is 16.0. The van der Waals surface area contributed by atoms with Gasteiger partial charge in [0.15, 0.2) is 0 Å². The number of ether oxygens (including phenoxy) is 1. The zero-order valence-corrected chi connectivity index (χ0v) is 25.5. The number of thioether (sulfide) groups is 1. The Bertz CT molecular complexity index is 1130. The lowest BCUT2D eigenvalue weighted by Gasteiger charge is -2.41. The van der Waals surface area contributed by atoms with Crippen LogP contribution in [0.3, 0.4) is 0 Å². The van der Waals surface area contributed by atoms with E-state index >= 15 is 0 Å². The van der Waals surface area contributed by atoms with Crippen LogP contribution in [-0.2, 0) is 14.4 Å². The largest absolute Gasteiger partial charge is 0.494 e. The van der Waals surface area contributed by atoms with E-state index in [2.05, 4.69) is 27.0 Å². The lowest BCUT2D eigenvalue weighted by Crippen LogP contribution is -2.57. The molecule has 3 saturated heterocycles. The minimum absolute atomic E-state index is 0.0553. The van der Waals surface area contributed by atoms with Crippen molar-refractivity contribution in [2.24, 2.45) is 17.8 Å². The molecule has 1 aromatic rings. The first kappa shape index (κ1) is 31.2. The molecule has 224 valence electrons. The molecule has 3 unspecified atom stereocenters. The Balaban J connectivity index is 1.73. The molecule has 9 heteroatoms. The second kappa shape index (κ2) is 13.5. The van der Waals surface area contributed by atoms with Crippen LogP contribution in [0.5, 0.6) is 5.75 Å². The van der Waals surface area contributed by atoms with Gasteiger partial charge in [0.25, 0.3) is 0 Å². The molecule has 1 aromatic carbocycles. The topological polar surface area (TPSA) is 90.4 Å². The summed E-state index contributed by atoms with van der Waals surface area (Å²) >= 11 is 1.68. The van der Waals surface area contributed by atoms with E-state index in [9.17, 15) is 19.5 Å². The summed E-state index contributed by atoms with van der Waals surface area (Å²) in [4.78, 5) is 48.3. The molecule has 3 fully saturated rings. The van der Waals surface area contributed by atoms with Gasteiger partial charge in [0.1, 0.15) is 11.8 Å². The maximum atomic E-state index is 14.4. The summed E-state index contributed by atoms with van der Waals surface area (Å²) in [5.74, 6) is -0.669. The number of aliphatic hydroxyl groups excluding tert-OH is 1. The fraction of sp³-hybridized carbons (Fsp3) is 0.594. The molecule has 0 saturated carbocycles. The molecule has 6 atom stereocenters. The molecule has 4 rings (SSSR count). The van der Waals surface area contributed by atoms with Crippen molar-refractivity contribution in [3.8, 4) is 5.75 Å². The van der Waals surface area contributed by atoms with Crippen LogP contribution >= 0.6 is 11.8 Å². The van der Waals surface area contributed by atoms with Gasteiger partial charge in [-0.15, -0.1) is 24.9 Å². The quantitative estimate of drug-likeness (QED) is 0.312. The van der Waals surface area contributed by atoms with Crippen molar-refractivity contribution < 1.29 is 24.2 Å². The van der Waals surface area contributed by atoms with Gasteiger partial charge in [-0.2, -0.15) is 0 Å². The Morgan fingerprint density at radius 2 is 1.85 bits per heavy atom. The van der Waals surface area contributed by atoms with E-state index in [1.54, 1.807) is 33.7 Å². The fourth-order valence-electron chi connectivity index (χ4n) is 7.05. The molecule has 0 aliphatic carbocycles. The third-order valence-electron chi connectivity index (χ3n) is 8.80. The number of rotatable bonds is 15. The van der Waals surface area contributed by atoms with E-state index in [0.29, 0.717) is 32.7 Å². The molecule has 3 heterocycles. The standard InChI is InChI=1S/C32H45N3O5S/c1-6-10-18-33(16-7-2)31(39)28-32-22(5)21-25(41-32)26(27(32)30(38)35(28)19-11-20-36)29(37)34(17-8-3)23-12-14-24(15-13-23)40-9-4/h7-8,12-15,22,25-28,36H,2-3,6,9-11,16-21H2,1,4-5H3/t22?,25-,26+,27+,28?,32?/m1/s1. The molecule has 0 radical (unpaired) electrons. The molecule has 1 spiro atoms. The van der Waals surface area contributed by atoms with Crippen molar-refractivity contribution in [3.05, 3.63) is 49.6 Å². The maximum absolute atomic E-state index is 14.4. The van der Waals surface area contributed by atoms with Crippen molar-refractivity contribution in [2.75, 3.05) is 44.3 Å². The maximum Gasteiger partial charge on any atom is 0.247 e. The van der Waals surface area contributed by atoms with Gasteiger partial charge in [-0.25, -0.2) is 0 Å². The van der Waals surface area contributed by atoms with Gasteiger partial charge < -0.3 is 24.5 Å². The highest BCUT2D eigenvalue weighted by molar-refractivity contribution is 8.02. The number of hydrogen-bond acceptors (Lipinski definition) is 6. The minimum Gasteiger partial charge on any atom is -0.494 e. The predicted octanol–water partition coefficient (Wildman–Crippen LogP) is 4.14. The van der Waals surface area contributed by atoms with Gasteiger partial charge >= 0.3 is 0 Å². The van der Waals surface area contributed by atoms with Crippen molar-refractivity contribution in [3.63, 3.8) is 0 Å². The molecule has 41 heavy (non-hydrogen) atoms. The summed E-state index contributed by atoms with van der Waals surface area (Å²) < 4.78 is 4.89. The molecular weight excluding hydrogens is 538 g/mol. The second-order valence-corrected chi connectivity index (χ2v) is 12.8. The van der Waals surface area contributed by atoms with Crippen LogP contribution in [-0.4, -0.2) is 88.1 Å². The Morgan fingerprint density at radius 3 is 2.46 bits per heavy atom. The number of aliphatic hydroxyl groups is 1. The third-order valence-corrected chi connectivity index (χ3v) is 10.9. The number of nitrogens with zero attached hydrogens (tertiary/aromatic N) is 3. The molecule has 3 aliphatic heterocycles. The number of hydrogen-bond donors (Lipinski definition) is 1. The molecule has 8 nitrogen and oxygen atoms in total. The molecule has 3 amide bonds. The number of anilines is 1. The number of amides is 3. The number of carbonyl (C=O) groups is 3. The third kappa shape index (κ3) is 5.55. The van der Waals surface area contributed by atoms with Crippen LogP contribution < -0.4 is 9.64 Å². The molecule has 3 aliphatic rings. The summed E-state index contributed by atoms with van der Waals surface area (Å²) in [6.07, 6.45) is 6.38. The van der Waals surface area contributed by atoms with E-state index in [4.69, 9.17) is 4.74 Å². The van der Waals surface area contributed by atoms with Crippen LogP contribution in [0.15, 0.2) is 49.6 Å². The van der Waals surface area contributed by atoms with Gasteiger partial charge in [-0.05, 0) is 56.4 Å². The Hall–Kier alpha value is -2.78. The summed E-state index contributed by atoms with van der Waals surface area (Å²) in [5, 5.41) is 9.60. The second-order valence-electron chi connectivity index (χ2n) is 11.3. The SMILES string of the molecule is C=CCN(CCCC)C(=O)C1N(CCCO)C(=O)[C@@H]2[C@@H](C(=O)N(CC=C)c3ccc(OCC)cc3)[C@H]3CC(C)C12S3. The molecule has 1 N–H and O–H groups in total. The monoisotopic (exact) mass is 583 g/mol. The van der Waals surface area contributed by atoms with Gasteiger partial charge in [0.2, 0.25) is 17.7 Å². The molecule has 2 bridgehead atoms. The van der Waals surface area contributed by atoms with E-state index in [0.717, 1.165) is 30.7 Å². The first-order valence-corrected chi connectivity index (χ1v) is 15.8. The van der Waals surface area contributed by atoms with Crippen molar-refractivity contribution in [1.29, 1.82) is 0 Å². The fourth-order valence-corrected chi connectivity index (χ4v) is 9.46. The average Bonchev–Trinajstić information content (AvgIpc) is 3.56. The minimum atomic E-state index is -0.696. The van der Waals surface area contributed by atoms with E-state index in [-0.39, 0.29) is 42.0 Å². The predicted molar refractivity (Wildman–Crippen MR) is 164 cm³/mol.